The number of rotatable bonds is 12. The molecule has 1 aromatic carbocycles. The van der Waals surface area contributed by atoms with Gasteiger partial charge in [-0.2, -0.15) is 4.33 Å². The van der Waals surface area contributed by atoms with Crippen molar-refractivity contribution >= 4 is 23.8 Å². The van der Waals surface area contributed by atoms with Crippen molar-refractivity contribution in [2.24, 2.45) is 5.92 Å². The second-order valence-corrected chi connectivity index (χ2v) is 7.34. The molecular formula is C16H21F4O3S2-. The van der Waals surface area contributed by atoms with Gasteiger partial charge in [0.15, 0.2) is 23.3 Å². The van der Waals surface area contributed by atoms with E-state index in [0.717, 1.165) is 50.3 Å². The van der Waals surface area contributed by atoms with Crippen LogP contribution in [0, 0.1) is 29.2 Å². The van der Waals surface area contributed by atoms with Crippen LogP contribution >= 0.6 is 23.8 Å². The Hall–Kier alpha value is -0.480. The molecule has 0 unspecified atom stereocenters. The molecule has 25 heavy (non-hydrogen) atoms. The van der Waals surface area contributed by atoms with Gasteiger partial charge < -0.3 is 5.26 Å². The summed E-state index contributed by atoms with van der Waals surface area (Å²) in [5.41, 5.74) is 0. The third-order valence-corrected chi connectivity index (χ3v) is 5.66. The lowest BCUT2D eigenvalue weighted by molar-refractivity contribution is -0.777. The van der Waals surface area contributed by atoms with Crippen molar-refractivity contribution in [3.05, 3.63) is 23.3 Å². The number of benzene rings is 1. The highest BCUT2D eigenvalue weighted by molar-refractivity contribution is 7.99. The maximum Gasteiger partial charge on any atom is 0.179 e. The van der Waals surface area contributed by atoms with E-state index in [1.54, 1.807) is 0 Å². The molecule has 1 aromatic rings. The van der Waals surface area contributed by atoms with Gasteiger partial charge in [0.1, 0.15) is 4.90 Å². The van der Waals surface area contributed by atoms with E-state index >= 15 is 0 Å². The Bertz CT molecular complexity index is 510. The lowest BCUT2D eigenvalue weighted by atomic mass is 9.98. The molecule has 0 bridgehead atoms. The Morgan fingerprint density at radius 3 is 1.80 bits per heavy atom. The van der Waals surface area contributed by atoms with E-state index in [4.69, 9.17) is 0 Å². The third-order valence-electron chi connectivity index (χ3n) is 3.72. The molecule has 0 saturated heterocycles. The van der Waals surface area contributed by atoms with Crippen LogP contribution in [0.15, 0.2) is 9.79 Å². The summed E-state index contributed by atoms with van der Waals surface area (Å²) in [5, 5.41) is 12.7. The topological polar surface area (TPSA) is 41.5 Å². The molecule has 0 atom stereocenters. The quantitative estimate of drug-likeness (QED) is 0.114. The van der Waals surface area contributed by atoms with Gasteiger partial charge >= 0.3 is 0 Å². The monoisotopic (exact) mass is 401 g/mol. The maximum atomic E-state index is 14.1. The molecule has 0 aromatic heterocycles. The van der Waals surface area contributed by atoms with Crippen molar-refractivity contribution in [2.75, 3.05) is 5.75 Å². The molecule has 0 aliphatic rings. The minimum Gasteiger partial charge on any atom is -0.691 e. The zero-order valence-electron chi connectivity index (χ0n) is 14.1. The molecule has 0 fully saturated rings. The second-order valence-electron chi connectivity index (χ2n) is 5.60. The standard InChI is InChI=1S/C16H22F4O3S2/c1-3-5-7-10(8-6-4-2)9-24-15-11(17)13(19)16(25-23-22-21)14(20)12(15)18/h10,21H,3-9H2,1-2H3/p-1. The Balaban J connectivity index is 2.93. The summed E-state index contributed by atoms with van der Waals surface area (Å²) >= 11 is 0.554. The van der Waals surface area contributed by atoms with Gasteiger partial charge in [0.25, 0.3) is 0 Å². The van der Waals surface area contributed by atoms with Crippen molar-refractivity contribution in [3.8, 4) is 0 Å². The lowest BCUT2D eigenvalue weighted by Gasteiger charge is -2.17. The Kier molecular flexibility index (Phi) is 10.8. The molecule has 0 amide bonds. The van der Waals surface area contributed by atoms with E-state index < -0.39 is 33.1 Å². The molecule has 0 radical (unpaired) electrons. The van der Waals surface area contributed by atoms with Gasteiger partial charge in [0.05, 0.1) is 16.9 Å². The molecule has 144 valence electrons. The van der Waals surface area contributed by atoms with E-state index in [0.29, 0.717) is 5.75 Å². The second kappa shape index (κ2) is 12.0. The van der Waals surface area contributed by atoms with Gasteiger partial charge in [-0.25, -0.2) is 17.6 Å². The van der Waals surface area contributed by atoms with Gasteiger partial charge in [-0.15, -0.1) is 11.8 Å². The Labute approximate surface area is 153 Å². The third kappa shape index (κ3) is 6.63. The van der Waals surface area contributed by atoms with Crippen molar-refractivity contribution in [2.45, 2.75) is 62.2 Å². The molecular weight excluding hydrogens is 380 g/mol. The van der Waals surface area contributed by atoms with Crippen LogP contribution in [0.2, 0.25) is 0 Å². The number of hydrogen-bond acceptors (Lipinski definition) is 5. The fraction of sp³-hybridized carbons (Fsp3) is 0.625. The molecule has 3 nitrogen and oxygen atoms in total. The zero-order valence-corrected chi connectivity index (χ0v) is 15.7. The molecule has 0 aliphatic heterocycles. The largest absolute Gasteiger partial charge is 0.691 e. The van der Waals surface area contributed by atoms with Gasteiger partial charge in [-0.1, -0.05) is 39.5 Å². The number of unbranched alkanes of at least 4 members (excludes halogenated alkanes) is 2. The Morgan fingerprint density at radius 1 is 0.880 bits per heavy atom. The van der Waals surface area contributed by atoms with Gasteiger partial charge in [-0.05, 0) is 18.8 Å². The van der Waals surface area contributed by atoms with Crippen LogP contribution in [-0.4, -0.2) is 5.75 Å². The molecule has 0 N–H and O–H groups in total. The van der Waals surface area contributed by atoms with Crippen molar-refractivity contribution in [3.63, 3.8) is 0 Å². The lowest BCUT2D eigenvalue weighted by Crippen LogP contribution is -2.08. The zero-order chi connectivity index (χ0) is 18.8. The summed E-state index contributed by atoms with van der Waals surface area (Å²) in [4.78, 5) is -1.79. The summed E-state index contributed by atoms with van der Waals surface area (Å²) in [6.45, 7) is 4.11. The minimum absolute atomic E-state index is 0.217. The highest BCUT2D eigenvalue weighted by Crippen LogP contribution is 2.37. The Morgan fingerprint density at radius 2 is 1.36 bits per heavy atom. The summed E-state index contributed by atoms with van der Waals surface area (Å²) < 4.78 is 59.8. The van der Waals surface area contributed by atoms with Crippen LogP contribution in [0.4, 0.5) is 17.6 Å². The molecule has 0 aliphatic carbocycles. The van der Waals surface area contributed by atoms with Crippen LogP contribution in [-0.2, 0) is 9.37 Å². The van der Waals surface area contributed by atoms with Gasteiger partial charge in [0.2, 0.25) is 0 Å². The molecule has 0 saturated carbocycles. The van der Waals surface area contributed by atoms with E-state index in [2.05, 4.69) is 23.2 Å². The SMILES string of the molecule is CCCCC(CCCC)CSc1c(F)c(F)c(SOO[O-])c(F)c1F. The van der Waals surface area contributed by atoms with Crippen LogP contribution in [0.1, 0.15) is 52.4 Å². The van der Waals surface area contributed by atoms with Crippen molar-refractivity contribution in [1.29, 1.82) is 0 Å². The summed E-state index contributed by atoms with van der Waals surface area (Å²) in [6.07, 6.45) is 5.80. The fourth-order valence-electron chi connectivity index (χ4n) is 2.34. The normalized spacial score (nSPS) is 11.5. The van der Waals surface area contributed by atoms with Gasteiger partial charge in [-0.3, -0.25) is 5.04 Å². The van der Waals surface area contributed by atoms with Crippen LogP contribution < -0.4 is 5.26 Å². The van der Waals surface area contributed by atoms with Crippen LogP contribution in [0.3, 0.4) is 0 Å². The van der Waals surface area contributed by atoms with E-state index in [-0.39, 0.29) is 18.0 Å². The van der Waals surface area contributed by atoms with Gasteiger partial charge in [0, 0.05) is 5.75 Å². The van der Waals surface area contributed by atoms with E-state index in [1.807, 2.05) is 0 Å². The maximum absolute atomic E-state index is 14.1. The first-order valence-electron chi connectivity index (χ1n) is 8.09. The molecule has 1 rings (SSSR count). The summed E-state index contributed by atoms with van der Waals surface area (Å²) in [6, 6.07) is 0. The van der Waals surface area contributed by atoms with Crippen molar-refractivity contribution in [1.82, 2.24) is 0 Å². The van der Waals surface area contributed by atoms with E-state index in [1.165, 1.54) is 0 Å². The minimum atomic E-state index is -1.61. The number of thioether (sulfide) groups is 1. The smallest absolute Gasteiger partial charge is 0.179 e. The fourth-order valence-corrected chi connectivity index (χ4v) is 3.93. The average molecular weight is 401 g/mol. The van der Waals surface area contributed by atoms with Crippen LogP contribution in [0.5, 0.6) is 0 Å². The molecule has 0 spiro atoms. The highest BCUT2D eigenvalue weighted by Gasteiger charge is 2.27. The summed E-state index contributed by atoms with van der Waals surface area (Å²) in [7, 11) is 0. The number of halogens is 4. The molecule has 0 heterocycles. The molecule has 9 heteroatoms. The van der Waals surface area contributed by atoms with E-state index in [9.17, 15) is 22.8 Å². The first-order chi connectivity index (χ1) is 12.0. The first kappa shape index (κ1) is 22.6. The average Bonchev–Trinajstić information content (AvgIpc) is 2.61. The number of hydrogen-bond donors (Lipinski definition) is 0. The summed E-state index contributed by atoms with van der Waals surface area (Å²) in [5.74, 6) is -5.61. The predicted molar refractivity (Wildman–Crippen MR) is 87.6 cm³/mol. The first-order valence-corrected chi connectivity index (χ1v) is 9.82. The van der Waals surface area contributed by atoms with Crippen molar-refractivity contribution < 1.29 is 32.2 Å². The highest BCUT2D eigenvalue weighted by atomic mass is 32.2. The van der Waals surface area contributed by atoms with Crippen LogP contribution in [0.25, 0.3) is 0 Å². The predicted octanol–water partition coefficient (Wildman–Crippen LogP) is 5.56.